The number of carbonyl (C=O) groups is 1. The maximum atomic E-state index is 13.3. The van der Waals surface area contributed by atoms with Crippen molar-refractivity contribution in [2.75, 3.05) is 19.1 Å². The highest BCUT2D eigenvalue weighted by atomic mass is 35.5. The summed E-state index contributed by atoms with van der Waals surface area (Å²) in [7, 11) is -1.01. The van der Waals surface area contributed by atoms with Gasteiger partial charge in [-0.05, 0) is 54.6 Å². The number of allylic oxidation sites excluding steroid dienone is 1. The van der Waals surface area contributed by atoms with Crippen LogP contribution in [-0.4, -0.2) is 28.4 Å². The fraction of sp³-hybridized carbons (Fsp3) is 0.0870. The van der Waals surface area contributed by atoms with Crippen molar-refractivity contribution >= 4 is 38.6 Å². The lowest BCUT2D eigenvalue weighted by Gasteiger charge is -2.29. The SMILES string of the molecule is COc1ccc(C(=O)C2=CN(c3ccc(OC)c(Cl)c3)c3ccccc3S2(=O)=O)cc1. The average molecular weight is 456 g/mol. The van der Waals surface area contributed by atoms with Gasteiger partial charge < -0.3 is 14.4 Å². The number of nitrogens with zero attached hydrogens (tertiary/aromatic N) is 1. The summed E-state index contributed by atoms with van der Waals surface area (Å²) in [4.78, 5) is 14.6. The molecule has 3 aromatic rings. The third-order valence-electron chi connectivity index (χ3n) is 4.94. The van der Waals surface area contributed by atoms with Gasteiger partial charge in [0.25, 0.3) is 0 Å². The molecule has 0 atom stereocenters. The first-order valence-corrected chi connectivity index (χ1v) is 11.1. The Hall–Kier alpha value is -3.29. The fourth-order valence-corrected chi connectivity index (χ4v) is 5.14. The Labute approximate surface area is 185 Å². The van der Waals surface area contributed by atoms with Crippen LogP contribution in [0, 0.1) is 0 Å². The minimum absolute atomic E-state index is 0.0429. The van der Waals surface area contributed by atoms with Crippen LogP contribution < -0.4 is 14.4 Å². The average Bonchev–Trinajstić information content (AvgIpc) is 2.79. The van der Waals surface area contributed by atoms with E-state index in [4.69, 9.17) is 21.1 Å². The number of Topliss-reactive ketones (excluding diaryl/α,β-unsaturated/α-hetero) is 1. The highest BCUT2D eigenvalue weighted by molar-refractivity contribution is 7.96. The number of halogens is 1. The van der Waals surface area contributed by atoms with Crippen LogP contribution in [0.1, 0.15) is 10.4 Å². The molecule has 6 nitrogen and oxygen atoms in total. The van der Waals surface area contributed by atoms with Crippen molar-refractivity contribution < 1.29 is 22.7 Å². The Morgan fingerprint density at radius 1 is 0.935 bits per heavy atom. The third kappa shape index (κ3) is 3.66. The Kier molecular flexibility index (Phi) is 5.47. The molecule has 0 aromatic heterocycles. The molecule has 0 amide bonds. The van der Waals surface area contributed by atoms with Crippen LogP contribution in [0.4, 0.5) is 11.4 Å². The van der Waals surface area contributed by atoms with Gasteiger partial charge in [0, 0.05) is 17.5 Å². The summed E-state index contributed by atoms with van der Waals surface area (Å²) >= 11 is 6.29. The molecule has 0 N–H and O–H groups in total. The molecule has 1 aliphatic heterocycles. The largest absolute Gasteiger partial charge is 0.497 e. The zero-order chi connectivity index (χ0) is 22.2. The molecule has 158 valence electrons. The number of benzene rings is 3. The Morgan fingerprint density at radius 2 is 1.65 bits per heavy atom. The van der Waals surface area contributed by atoms with Crippen LogP contribution >= 0.6 is 11.6 Å². The molecule has 3 aromatic carbocycles. The Morgan fingerprint density at radius 3 is 2.29 bits per heavy atom. The maximum absolute atomic E-state index is 13.3. The fourth-order valence-electron chi connectivity index (χ4n) is 3.34. The summed E-state index contributed by atoms with van der Waals surface area (Å²) in [6.07, 6.45) is 1.34. The van der Waals surface area contributed by atoms with Gasteiger partial charge in [-0.2, -0.15) is 0 Å². The zero-order valence-electron chi connectivity index (χ0n) is 16.7. The number of rotatable bonds is 5. The molecule has 1 heterocycles. The quantitative estimate of drug-likeness (QED) is 0.504. The lowest BCUT2D eigenvalue weighted by atomic mass is 10.1. The van der Waals surface area contributed by atoms with E-state index in [0.717, 1.165) is 0 Å². The molecule has 0 unspecified atom stereocenters. The predicted molar refractivity (Wildman–Crippen MR) is 119 cm³/mol. The second kappa shape index (κ2) is 8.09. The van der Waals surface area contributed by atoms with E-state index in [9.17, 15) is 13.2 Å². The second-order valence-electron chi connectivity index (χ2n) is 6.71. The molecule has 31 heavy (non-hydrogen) atoms. The monoisotopic (exact) mass is 455 g/mol. The number of ether oxygens (including phenoxy) is 2. The highest BCUT2D eigenvalue weighted by Crippen LogP contribution is 2.41. The van der Waals surface area contributed by atoms with Gasteiger partial charge in [-0.1, -0.05) is 23.7 Å². The number of carbonyl (C=O) groups excluding carboxylic acids is 1. The minimum atomic E-state index is -4.03. The van der Waals surface area contributed by atoms with Crippen molar-refractivity contribution in [1.29, 1.82) is 0 Å². The molecule has 1 aliphatic rings. The molecule has 0 spiro atoms. The molecular formula is C23H18ClNO5S. The summed E-state index contributed by atoms with van der Waals surface area (Å²) in [5.41, 5.74) is 1.26. The molecular weight excluding hydrogens is 438 g/mol. The summed E-state index contributed by atoms with van der Waals surface area (Å²) < 4.78 is 36.9. The van der Waals surface area contributed by atoms with Gasteiger partial charge in [0.1, 0.15) is 16.4 Å². The van der Waals surface area contributed by atoms with Gasteiger partial charge in [-0.15, -0.1) is 0 Å². The lowest BCUT2D eigenvalue weighted by Crippen LogP contribution is -2.25. The smallest absolute Gasteiger partial charge is 0.214 e. The van der Waals surface area contributed by atoms with Crippen molar-refractivity contribution in [3.8, 4) is 11.5 Å². The first-order valence-electron chi connectivity index (χ1n) is 9.24. The second-order valence-corrected chi connectivity index (χ2v) is 9.00. The van der Waals surface area contributed by atoms with Crippen LogP contribution in [0.5, 0.6) is 11.5 Å². The minimum Gasteiger partial charge on any atom is -0.497 e. The number of fused-ring (bicyclic) bond motifs is 1. The topological polar surface area (TPSA) is 72.9 Å². The Bertz CT molecular complexity index is 1300. The van der Waals surface area contributed by atoms with E-state index in [0.29, 0.717) is 27.9 Å². The Balaban J connectivity index is 1.88. The van der Waals surface area contributed by atoms with E-state index >= 15 is 0 Å². The third-order valence-corrected chi connectivity index (χ3v) is 7.03. The molecule has 0 aliphatic carbocycles. The van der Waals surface area contributed by atoms with Crippen molar-refractivity contribution in [2.45, 2.75) is 4.90 Å². The number of methoxy groups -OCH3 is 2. The summed E-state index contributed by atoms with van der Waals surface area (Å²) in [5.74, 6) is 0.445. The molecule has 0 saturated heterocycles. The van der Waals surface area contributed by atoms with Gasteiger partial charge in [0.15, 0.2) is 0 Å². The first kappa shape index (κ1) is 21.0. The van der Waals surface area contributed by atoms with Crippen LogP contribution in [0.2, 0.25) is 5.02 Å². The van der Waals surface area contributed by atoms with Crippen LogP contribution in [0.25, 0.3) is 0 Å². The standard InChI is InChI=1S/C23H18ClNO5S/c1-29-17-10-7-15(8-11-17)23(26)22-14-25(16-9-12-20(30-2)18(24)13-16)19-5-3-4-6-21(19)31(22,27)28/h3-14H,1-2H3. The molecule has 0 fully saturated rings. The van der Waals surface area contributed by atoms with E-state index < -0.39 is 15.6 Å². The number of hydrogen-bond acceptors (Lipinski definition) is 6. The predicted octanol–water partition coefficient (Wildman–Crippen LogP) is 5.01. The normalized spacial score (nSPS) is 14.4. The van der Waals surface area contributed by atoms with Crippen molar-refractivity contribution in [2.24, 2.45) is 0 Å². The zero-order valence-corrected chi connectivity index (χ0v) is 18.3. The van der Waals surface area contributed by atoms with E-state index in [1.165, 1.54) is 38.6 Å². The van der Waals surface area contributed by atoms with Gasteiger partial charge in [-0.25, -0.2) is 8.42 Å². The van der Waals surface area contributed by atoms with E-state index in [1.807, 2.05) is 0 Å². The summed E-state index contributed by atoms with van der Waals surface area (Å²) in [6.45, 7) is 0. The van der Waals surface area contributed by atoms with Crippen LogP contribution in [-0.2, 0) is 9.84 Å². The highest BCUT2D eigenvalue weighted by Gasteiger charge is 2.36. The number of para-hydroxylation sites is 1. The molecule has 4 rings (SSSR count). The van der Waals surface area contributed by atoms with E-state index in [-0.39, 0.29) is 15.4 Å². The number of ketones is 1. The van der Waals surface area contributed by atoms with Crippen LogP contribution in [0.3, 0.4) is 0 Å². The number of sulfone groups is 1. The van der Waals surface area contributed by atoms with Gasteiger partial charge in [0.05, 0.1) is 29.8 Å². The molecule has 8 heteroatoms. The van der Waals surface area contributed by atoms with Crippen molar-refractivity contribution in [3.05, 3.63) is 88.4 Å². The number of hydrogen-bond donors (Lipinski definition) is 0. The molecule has 0 radical (unpaired) electrons. The summed E-state index contributed by atoms with van der Waals surface area (Å²) in [5, 5.41) is 0.363. The first-order chi connectivity index (χ1) is 14.9. The van der Waals surface area contributed by atoms with Crippen molar-refractivity contribution in [3.63, 3.8) is 0 Å². The van der Waals surface area contributed by atoms with E-state index in [1.54, 1.807) is 53.4 Å². The van der Waals surface area contributed by atoms with Gasteiger partial charge >= 0.3 is 0 Å². The molecule has 0 bridgehead atoms. The molecule has 0 saturated carbocycles. The van der Waals surface area contributed by atoms with E-state index in [2.05, 4.69) is 0 Å². The number of anilines is 2. The summed E-state index contributed by atoms with van der Waals surface area (Å²) in [6, 6.07) is 17.9. The van der Waals surface area contributed by atoms with Gasteiger partial charge in [0.2, 0.25) is 15.6 Å². The maximum Gasteiger partial charge on any atom is 0.214 e. The van der Waals surface area contributed by atoms with Gasteiger partial charge in [-0.3, -0.25) is 4.79 Å². The van der Waals surface area contributed by atoms with Crippen LogP contribution in [0.15, 0.2) is 82.7 Å². The van der Waals surface area contributed by atoms with Crippen molar-refractivity contribution in [1.82, 2.24) is 0 Å². The lowest BCUT2D eigenvalue weighted by molar-refractivity contribution is 0.104.